The van der Waals surface area contributed by atoms with Crippen molar-refractivity contribution < 1.29 is 23.1 Å². The van der Waals surface area contributed by atoms with E-state index in [1.165, 1.54) is 24.3 Å². The molecule has 7 nitrogen and oxygen atoms in total. The molecular weight excluding hydrogens is 368 g/mol. The van der Waals surface area contributed by atoms with Crippen LogP contribution in [-0.4, -0.2) is 37.0 Å². The van der Waals surface area contributed by atoms with E-state index < -0.39 is 27.4 Å². The van der Waals surface area contributed by atoms with Crippen molar-refractivity contribution in [3.63, 3.8) is 0 Å². The van der Waals surface area contributed by atoms with Crippen molar-refractivity contribution in [2.75, 3.05) is 0 Å². The molecule has 0 saturated heterocycles. The number of carboxylic acids is 1. The van der Waals surface area contributed by atoms with E-state index in [0.29, 0.717) is 18.8 Å². The number of sulfonamides is 1. The fraction of sp³-hybridized carbons (Fsp3) is 0.579. The van der Waals surface area contributed by atoms with Crippen molar-refractivity contribution in [1.82, 2.24) is 10.0 Å². The first-order valence-corrected chi connectivity index (χ1v) is 10.9. The molecule has 0 radical (unpaired) electrons. The normalized spacial score (nSPS) is 25.7. The maximum absolute atomic E-state index is 12.7. The number of carbonyl (C=O) groups excluding carboxylic acids is 1. The van der Waals surface area contributed by atoms with E-state index in [9.17, 15) is 23.1 Å². The Morgan fingerprint density at radius 3 is 2.41 bits per heavy atom. The summed E-state index contributed by atoms with van der Waals surface area (Å²) in [6, 6.07) is 5.70. The fourth-order valence-electron chi connectivity index (χ4n) is 3.55. The van der Waals surface area contributed by atoms with Gasteiger partial charge in [0.15, 0.2) is 0 Å². The van der Waals surface area contributed by atoms with Gasteiger partial charge in [0, 0.05) is 11.6 Å². The lowest BCUT2D eigenvalue weighted by Gasteiger charge is -2.37. The van der Waals surface area contributed by atoms with Crippen LogP contribution in [0.1, 0.15) is 62.2 Å². The predicted molar refractivity (Wildman–Crippen MR) is 99.9 cm³/mol. The summed E-state index contributed by atoms with van der Waals surface area (Å²) < 4.78 is 27.3. The number of rotatable bonds is 7. The first kappa shape index (κ1) is 19.8. The summed E-state index contributed by atoms with van der Waals surface area (Å²) in [4.78, 5) is 24.6. The van der Waals surface area contributed by atoms with E-state index in [1.807, 2.05) is 0 Å². The average Bonchev–Trinajstić information content (AvgIpc) is 3.45. The van der Waals surface area contributed by atoms with Crippen molar-refractivity contribution in [2.45, 2.75) is 68.3 Å². The summed E-state index contributed by atoms with van der Waals surface area (Å²) in [5.41, 5.74) is -1.14. The fourth-order valence-corrected chi connectivity index (χ4v) is 4.90. The van der Waals surface area contributed by atoms with Gasteiger partial charge in [0.25, 0.3) is 5.91 Å². The van der Waals surface area contributed by atoms with Crippen LogP contribution < -0.4 is 10.0 Å². The lowest BCUT2D eigenvalue weighted by molar-refractivity contribution is -0.146. The van der Waals surface area contributed by atoms with Crippen LogP contribution in [-0.2, 0) is 14.8 Å². The van der Waals surface area contributed by atoms with Gasteiger partial charge in [0.1, 0.15) is 5.54 Å². The third-order valence-electron chi connectivity index (χ3n) is 5.60. The maximum atomic E-state index is 12.7. The van der Waals surface area contributed by atoms with Gasteiger partial charge in [0.05, 0.1) is 4.90 Å². The van der Waals surface area contributed by atoms with E-state index in [1.54, 1.807) is 0 Å². The van der Waals surface area contributed by atoms with Crippen LogP contribution in [0.25, 0.3) is 0 Å². The molecule has 0 aromatic heterocycles. The second-order valence-electron chi connectivity index (χ2n) is 7.62. The Morgan fingerprint density at radius 2 is 1.85 bits per heavy atom. The van der Waals surface area contributed by atoms with Crippen LogP contribution in [0.5, 0.6) is 0 Å². The molecular formula is C19H26N2O5S. The van der Waals surface area contributed by atoms with E-state index in [4.69, 9.17) is 0 Å². The quantitative estimate of drug-likeness (QED) is 0.657. The summed E-state index contributed by atoms with van der Waals surface area (Å²) in [5, 5.41) is 12.4. The number of carboxylic acid groups (broad SMARTS) is 1. The molecule has 3 rings (SSSR count). The monoisotopic (exact) mass is 394 g/mol. The molecule has 1 aromatic rings. The molecule has 0 unspecified atom stereocenters. The SMILES string of the molecule is CCC1CCC(NC(=O)c2cccc(S(=O)(=O)NC3CC3)c2)(C(=O)O)CC1. The average molecular weight is 394 g/mol. The summed E-state index contributed by atoms with van der Waals surface area (Å²) in [6.45, 7) is 2.08. The van der Waals surface area contributed by atoms with Crippen LogP contribution >= 0.6 is 0 Å². The van der Waals surface area contributed by atoms with Gasteiger partial charge in [-0.15, -0.1) is 0 Å². The van der Waals surface area contributed by atoms with Gasteiger partial charge < -0.3 is 10.4 Å². The summed E-state index contributed by atoms with van der Waals surface area (Å²) in [7, 11) is -3.67. The van der Waals surface area contributed by atoms with Crippen molar-refractivity contribution in [2.24, 2.45) is 5.92 Å². The third kappa shape index (κ3) is 4.50. The minimum absolute atomic E-state index is 0.0149. The molecule has 1 aromatic carbocycles. The molecule has 3 N–H and O–H groups in total. The molecule has 1 amide bonds. The lowest BCUT2D eigenvalue weighted by Crippen LogP contribution is -2.56. The number of hydrogen-bond acceptors (Lipinski definition) is 4. The molecule has 0 aliphatic heterocycles. The van der Waals surface area contributed by atoms with Crippen LogP contribution in [0.15, 0.2) is 29.2 Å². The zero-order chi connectivity index (χ0) is 19.7. The van der Waals surface area contributed by atoms with Crippen molar-refractivity contribution in [3.8, 4) is 0 Å². The van der Waals surface area contributed by atoms with Gasteiger partial charge in [0.2, 0.25) is 10.0 Å². The molecule has 0 spiro atoms. The molecule has 2 fully saturated rings. The standard InChI is InChI=1S/C19H26N2O5S/c1-2-13-8-10-19(11-9-13,18(23)24)20-17(22)14-4-3-5-16(12-14)27(25,26)21-15-6-7-15/h3-5,12-13,15,21H,2,6-11H2,1H3,(H,20,22)(H,23,24). The molecule has 2 aliphatic carbocycles. The van der Waals surface area contributed by atoms with Crippen LogP contribution in [0, 0.1) is 5.92 Å². The molecule has 0 bridgehead atoms. The molecule has 0 heterocycles. The Labute approximate surface area is 159 Å². The molecule has 8 heteroatoms. The Bertz CT molecular complexity index is 824. The van der Waals surface area contributed by atoms with Crippen LogP contribution in [0.3, 0.4) is 0 Å². The first-order valence-electron chi connectivity index (χ1n) is 9.44. The molecule has 0 atom stereocenters. The number of amides is 1. The van der Waals surface area contributed by atoms with Crippen LogP contribution in [0.2, 0.25) is 0 Å². The molecule has 148 valence electrons. The van der Waals surface area contributed by atoms with E-state index >= 15 is 0 Å². The van der Waals surface area contributed by atoms with Gasteiger partial charge in [-0.05, 0) is 62.6 Å². The van der Waals surface area contributed by atoms with Crippen molar-refractivity contribution in [1.29, 1.82) is 0 Å². The van der Waals surface area contributed by atoms with Gasteiger partial charge in [-0.25, -0.2) is 17.9 Å². The van der Waals surface area contributed by atoms with Gasteiger partial charge in [-0.2, -0.15) is 0 Å². The second kappa shape index (κ2) is 7.59. The number of benzene rings is 1. The zero-order valence-electron chi connectivity index (χ0n) is 15.4. The highest BCUT2D eigenvalue weighted by atomic mass is 32.2. The Morgan fingerprint density at radius 1 is 1.19 bits per heavy atom. The van der Waals surface area contributed by atoms with Crippen molar-refractivity contribution >= 4 is 21.9 Å². The van der Waals surface area contributed by atoms with E-state index in [0.717, 1.165) is 32.1 Å². The first-order chi connectivity index (χ1) is 12.8. The maximum Gasteiger partial charge on any atom is 0.329 e. The Hall–Kier alpha value is -1.93. The summed E-state index contributed by atoms with van der Waals surface area (Å²) in [6.07, 6.45) is 4.91. The number of carbonyl (C=O) groups is 2. The lowest BCUT2D eigenvalue weighted by atomic mass is 9.75. The summed E-state index contributed by atoms with van der Waals surface area (Å²) in [5.74, 6) is -1.11. The zero-order valence-corrected chi connectivity index (χ0v) is 16.2. The van der Waals surface area contributed by atoms with E-state index in [-0.39, 0.29) is 16.5 Å². The van der Waals surface area contributed by atoms with E-state index in [2.05, 4.69) is 17.0 Å². The topological polar surface area (TPSA) is 113 Å². The predicted octanol–water partition coefficient (Wildman–Crippen LogP) is 2.28. The van der Waals surface area contributed by atoms with Gasteiger partial charge >= 0.3 is 5.97 Å². The summed E-state index contributed by atoms with van der Waals surface area (Å²) >= 11 is 0. The largest absolute Gasteiger partial charge is 0.480 e. The van der Waals surface area contributed by atoms with Gasteiger partial charge in [-0.3, -0.25) is 4.79 Å². The molecule has 2 aliphatic rings. The third-order valence-corrected chi connectivity index (χ3v) is 7.12. The Kier molecular flexibility index (Phi) is 5.58. The highest BCUT2D eigenvalue weighted by molar-refractivity contribution is 7.89. The smallest absolute Gasteiger partial charge is 0.329 e. The van der Waals surface area contributed by atoms with Crippen molar-refractivity contribution in [3.05, 3.63) is 29.8 Å². The second-order valence-corrected chi connectivity index (χ2v) is 9.33. The van der Waals surface area contributed by atoms with Crippen LogP contribution in [0.4, 0.5) is 0 Å². The Balaban J connectivity index is 1.77. The highest BCUT2D eigenvalue weighted by Crippen LogP contribution is 2.34. The highest BCUT2D eigenvalue weighted by Gasteiger charge is 2.43. The number of hydrogen-bond donors (Lipinski definition) is 3. The van der Waals surface area contributed by atoms with Gasteiger partial charge in [-0.1, -0.05) is 19.4 Å². The number of nitrogens with one attached hydrogen (secondary N) is 2. The molecule has 2 saturated carbocycles. The minimum atomic E-state index is -3.67. The number of aliphatic carboxylic acids is 1. The molecule has 27 heavy (non-hydrogen) atoms. The minimum Gasteiger partial charge on any atom is -0.480 e.